The van der Waals surface area contributed by atoms with Crippen LogP contribution in [0.2, 0.25) is 0 Å². The molecule has 1 heterocycles. The fraction of sp³-hybridized carbons (Fsp3) is 1.00. The molecule has 0 aromatic carbocycles. The molecule has 0 radical (unpaired) electrons. The summed E-state index contributed by atoms with van der Waals surface area (Å²) in [6.07, 6.45) is 5.61. The van der Waals surface area contributed by atoms with Gasteiger partial charge in [-0.1, -0.05) is 0 Å². The number of thioether (sulfide) groups is 2. The highest BCUT2D eigenvalue weighted by Crippen LogP contribution is 2.63. The average Bonchev–Trinajstić information content (AvgIpc) is 2.62. The number of rotatable bonds is 0. The van der Waals surface area contributed by atoms with Gasteiger partial charge in [-0.15, -0.1) is 23.5 Å². The molecule has 1 aliphatic heterocycles. The highest BCUT2D eigenvalue weighted by Gasteiger charge is 2.55. The van der Waals surface area contributed by atoms with E-state index in [2.05, 4.69) is 23.5 Å². The summed E-state index contributed by atoms with van der Waals surface area (Å²) < 4.78 is 0.570. The van der Waals surface area contributed by atoms with Crippen molar-refractivity contribution in [2.45, 2.75) is 35.8 Å². The molecule has 0 unspecified atom stereocenters. The Kier molecular flexibility index (Phi) is 2.11. The second-order valence-corrected chi connectivity index (χ2v) is 7.78. The van der Waals surface area contributed by atoms with E-state index in [1.54, 1.807) is 0 Å². The second-order valence-electron chi connectivity index (χ2n) is 4.67. The zero-order valence-corrected chi connectivity index (χ0v) is 9.50. The van der Waals surface area contributed by atoms with Crippen LogP contribution in [0.15, 0.2) is 0 Å². The normalized spacial score (nSPS) is 47.3. The van der Waals surface area contributed by atoms with E-state index in [1.807, 2.05) is 0 Å². The van der Waals surface area contributed by atoms with Gasteiger partial charge in [-0.25, -0.2) is 0 Å². The lowest BCUT2D eigenvalue weighted by atomic mass is 9.95. The Labute approximate surface area is 88.6 Å². The van der Waals surface area contributed by atoms with Gasteiger partial charge in [0.05, 0.1) is 4.08 Å². The zero-order valence-electron chi connectivity index (χ0n) is 7.87. The minimum absolute atomic E-state index is 0.525. The van der Waals surface area contributed by atoms with Crippen LogP contribution in [0.3, 0.4) is 0 Å². The number of nitrogens with two attached hydrogens (primary N) is 1. The summed E-state index contributed by atoms with van der Waals surface area (Å²) in [5.74, 6) is 4.57. The smallest absolute Gasteiger partial charge is 0.0656 e. The highest BCUT2D eigenvalue weighted by molar-refractivity contribution is 8.18. The Hall–Kier alpha value is 0.660. The Balaban J connectivity index is 1.83. The van der Waals surface area contributed by atoms with Crippen molar-refractivity contribution in [2.24, 2.45) is 17.6 Å². The van der Waals surface area contributed by atoms with E-state index in [-0.39, 0.29) is 0 Å². The fourth-order valence-corrected chi connectivity index (χ4v) is 7.29. The van der Waals surface area contributed by atoms with Gasteiger partial charge in [0.25, 0.3) is 0 Å². The Morgan fingerprint density at radius 3 is 2.54 bits per heavy atom. The molecule has 2 saturated carbocycles. The molecule has 2 bridgehead atoms. The van der Waals surface area contributed by atoms with Crippen LogP contribution in [-0.2, 0) is 0 Å². The molecule has 13 heavy (non-hydrogen) atoms. The maximum absolute atomic E-state index is 6.20. The molecule has 3 aliphatic rings. The lowest BCUT2D eigenvalue weighted by molar-refractivity contribution is 0.406. The largest absolute Gasteiger partial charge is 0.327 e. The standard InChI is InChI=1S/C10H17NS2/c11-9-5-7-4-8(9)10(6-7)12-2-1-3-13-10/h7-9H,1-6,11H2/t7-,8-,9-/m1/s1. The van der Waals surface area contributed by atoms with Crippen LogP contribution < -0.4 is 5.73 Å². The van der Waals surface area contributed by atoms with Gasteiger partial charge < -0.3 is 5.73 Å². The third-order valence-electron chi connectivity index (χ3n) is 3.83. The molecule has 0 amide bonds. The van der Waals surface area contributed by atoms with E-state index in [0.29, 0.717) is 10.1 Å². The maximum Gasteiger partial charge on any atom is 0.0656 e. The van der Waals surface area contributed by atoms with E-state index < -0.39 is 0 Å². The molecule has 74 valence electrons. The molecule has 0 aromatic rings. The first kappa shape index (κ1) is 8.93. The summed E-state index contributed by atoms with van der Waals surface area (Å²) in [6, 6.07) is 0.525. The van der Waals surface area contributed by atoms with Gasteiger partial charge in [0.15, 0.2) is 0 Å². The maximum atomic E-state index is 6.20. The topological polar surface area (TPSA) is 26.0 Å². The molecular formula is C10H17NS2. The van der Waals surface area contributed by atoms with Crippen molar-refractivity contribution in [3.8, 4) is 0 Å². The molecular weight excluding hydrogens is 198 g/mol. The zero-order chi connectivity index (χ0) is 8.89. The van der Waals surface area contributed by atoms with Crippen molar-refractivity contribution in [3.63, 3.8) is 0 Å². The van der Waals surface area contributed by atoms with Gasteiger partial charge in [0, 0.05) is 6.04 Å². The molecule has 3 rings (SSSR count). The van der Waals surface area contributed by atoms with Gasteiger partial charge in [-0.3, -0.25) is 0 Å². The molecule has 3 heteroatoms. The molecule has 2 aliphatic carbocycles. The molecule has 3 atom stereocenters. The van der Waals surface area contributed by atoms with Crippen molar-refractivity contribution in [1.29, 1.82) is 0 Å². The van der Waals surface area contributed by atoms with E-state index in [4.69, 9.17) is 5.73 Å². The summed E-state index contributed by atoms with van der Waals surface area (Å²) in [6.45, 7) is 0. The third-order valence-corrected chi connectivity index (χ3v) is 7.44. The minimum atomic E-state index is 0.525. The number of hydrogen-bond donors (Lipinski definition) is 1. The molecule has 1 saturated heterocycles. The van der Waals surface area contributed by atoms with Gasteiger partial charge in [-0.05, 0) is 49.0 Å². The van der Waals surface area contributed by atoms with Crippen LogP contribution in [0.5, 0.6) is 0 Å². The van der Waals surface area contributed by atoms with Crippen LogP contribution >= 0.6 is 23.5 Å². The van der Waals surface area contributed by atoms with Crippen LogP contribution in [-0.4, -0.2) is 21.6 Å². The van der Waals surface area contributed by atoms with E-state index in [9.17, 15) is 0 Å². The van der Waals surface area contributed by atoms with E-state index >= 15 is 0 Å². The minimum Gasteiger partial charge on any atom is -0.327 e. The van der Waals surface area contributed by atoms with Crippen LogP contribution in [0.4, 0.5) is 0 Å². The summed E-state index contributed by atoms with van der Waals surface area (Å²) in [5, 5.41) is 0. The van der Waals surface area contributed by atoms with Crippen molar-refractivity contribution >= 4 is 23.5 Å². The Morgan fingerprint density at radius 1 is 1.15 bits per heavy atom. The molecule has 2 N–H and O–H groups in total. The fourth-order valence-electron chi connectivity index (χ4n) is 3.33. The summed E-state index contributed by atoms with van der Waals surface area (Å²) >= 11 is 4.45. The first-order valence-corrected chi connectivity index (χ1v) is 7.31. The first-order valence-electron chi connectivity index (χ1n) is 5.34. The van der Waals surface area contributed by atoms with Gasteiger partial charge >= 0.3 is 0 Å². The predicted molar refractivity (Wildman–Crippen MR) is 61.1 cm³/mol. The van der Waals surface area contributed by atoms with Gasteiger partial charge in [0.1, 0.15) is 0 Å². The molecule has 1 nitrogen and oxygen atoms in total. The Morgan fingerprint density at radius 2 is 1.92 bits per heavy atom. The van der Waals surface area contributed by atoms with Crippen LogP contribution in [0, 0.1) is 11.8 Å². The lowest BCUT2D eigenvalue weighted by Gasteiger charge is -2.42. The number of fused-ring (bicyclic) bond motifs is 3. The molecule has 1 spiro atoms. The molecule has 3 fully saturated rings. The summed E-state index contributed by atoms with van der Waals surface area (Å²) in [4.78, 5) is 0. The van der Waals surface area contributed by atoms with Gasteiger partial charge in [0.2, 0.25) is 0 Å². The molecule has 0 aromatic heterocycles. The SMILES string of the molecule is N[C@@H]1C[C@H]2C[C@H]1C1(C2)SCCCS1. The monoisotopic (exact) mass is 215 g/mol. The summed E-state index contributed by atoms with van der Waals surface area (Å²) in [7, 11) is 0. The van der Waals surface area contributed by atoms with Crippen molar-refractivity contribution in [3.05, 3.63) is 0 Å². The van der Waals surface area contributed by atoms with Crippen LogP contribution in [0.25, 0.3) is 0 Å². The number of hydrogen-bond acceptors (Lipinski definition) is 3. The quantitative estimate of drug-likeness (QED) is 0.671. The third kappa shape index (κ3) is 1.27. The van der Waals surface area contributed by atoms with E-state index in [1.165, 1.54) is 37.2 Å². The summed E-state index contributed by atoms with van der Waals surface area (Å²) in [5.41, 5.74) is 6.20. The van der Waals surface area contributed by atoms with Gasteiger partial charge in [-0.2, -0.15) is 0 Å². The van der Waals surface area contributed by atoms with Crippen molar-refractivity contribution in [1.82, 2.24) is 0 Å². The van der Waals surface area contributed by atoms with Crippen LogP contribution in [0.1, 0.15) is 25.7 Å². The first-order chi connectivity index (χ1) is 6.30. The highest BCUT2D eigenvalue weighted by atomic mass is 32.2. The second kappa shape index (κ2) is 3.07. The predicted octanol–water partition coefficient (Wildman–Crippen LogP) is 2.31. The van der Waals surface area contributed by atoms with Crippen molar-refractivity contribution in [2.75, 3.05) is 11.5 Å². The lowest BCUT2D eigenvalue weighted by Crippen LogP contribution is -2.42. The van der Waals surface area contributed by atoms with E-state index in [0.717, 1.165) is 11.8 Å². The van der Waals surface area contributed by atoms with Crippen molar-refractivity contribution < 1.29 is 0 Å². The average molecular weight is 215 g/mol. The Bertz CT molecular complexity index is 213.